The summed E-state index contributed by atoms with van der Waals surface area (Å²) < 4.78 is 1.79. The first-order chi connectivity index (χ1) is 7.10. The molecule has 0 N–H and O–H groups in total. The first kappa shape index (κ1) is 12.0. The molecule has 0 aliphatic heterocycles. The minimum Gasteiger partial charge on any atom is -0.288 e. The van der Waals surface area contributed by atoms with Gasteiger partial charge in [-0.1, -0.05) is 18.5 Å². The number of aryl methyl sites for hydroxylation is 2. The minimum atomic E-state index is 0.392. The van der Waals surface area contributed by atoms with E-state index in [2.05, 4.69) is 11.2 Å². The summed E-state index contributed by atoms with van der Waals surface area (Å²) in [6, 6.07) is 2.10. The number of hydrogen-bond acceptors (Lipinski definition) is 3. The summed E-state index contributed by atoms with van der Waals surface area (Å²) in [5, 5.41) is 13.6. The summed E-state index contributed by atoms with van der Waals surface area (Å²) in [5.41, 5.74) is 1.88. The van der Waals surface area contributed by atoms with E-state index in [1.807, 2.05) is 25.9 Å². The number of hydrogen-bond donors (Lipinski definition) is 0. The van der Waals surface area contributed by atoms with Gasteiger partial charge in [0.05, 0.1) is 29.0 Å². The molecule has 0 saturated heterocycles. The number of nitriles is 1. The number of nitrogens with zero attached hydrogens (tertiary/aromatic N) is 4. The molecule has 1 rings (SSSR count). The standard InChI is InChI=1S/C10H15ClN4/c1-4-8-10(11)9(15(3)13-8)7-14(2)6-5-12/h4,6-7H2,1-3H3. The van der Waals surface area contributed by atoms with Gasteiger partial charge in [-0.2, -0.15) is 10.4 Å². The van der Waals surface area contributed by atoms with Crippen LogP contribution in [0.2, 0.25) is 5.02 Å². The van der Waals surface area contributed by atoms with E-state index < -0.39 is 0 Å². The second kappa shape index (κ2) is 5.15. The predicted octanol–water partition coefficient (Wildman–Crippen LogP) is 1.59. The molecule has 0 aliphatic rings. The highest BCUT2D eigenvalue weighted by Crippen LogP contribution is 2.21. The normalized spacial score (nSPS) is 10.7. The van der Waals surface area contributed by atoms with Gasteiger partial charge in [0.25, 0.3) is 0 Å². The Morgan fingerprint density at radius 2 is 2.27 bits per heavy atom. The third kappa shape index (κ3) is 2.71. The lowest BCUT2D eigenvalue weighted by Gasteiger charge is -2.12. The van der Waals surface area contributed by atoms with Crippen molar-refractivity contribution in [1.82, 2.24) is 14.7 Å². The van der Waals surface area contributed by atoms with Crippen LogP contribution in [0.4, 0.5) is 0 Å². The van der Waals surface area contributed by atoms with Crippen molar-refractivity contribution in [3.8, 4) is 6.07 Å². The van der Waals surface area contributed by atoms with Gasteiger partial charge in [0.15, 0.2) is 0 Å². The maximum atomic E-state index is 8.56. The number of halogens is 1. The lowest BCUT2D eigenvalue weighted by molar-refractivity contribution is 0.355. The SMILES string of the molecule is CCc1nn(C)c(CN(C)CC#N)c1Cl. The molecule has 0 unspecified atom stereocenters. The maximum absolute atomic E-state index is 8.56. The van der Waals surface area contributed by atoms with Crippen molar-refractivity contribution in [2.24, 2.45) is 7.05 Å². The third-order valence-electron chi connectivity index (χ3n) is 2.26. The van der Waals surface area contributed by atoms with E-state index in [1.165, 1.54) is 0 Å². The summed E-state index contributed by atoms with van der Waals surface area (Å²) in [6.07, 6.45) is 0.828. The molecule has 0 bridgehead atoms. The van der Waals surface area contributed by atoms with Crippen LogP contribution in [0.5, 0.6) is 0 Å². The Morgan fingerprint density at radius 3 is 2.73 bits per heavy atom. The monoisotopic (exact) mass is 226 g/mol. The molecule has 0 atom stereocenters. The van der Waals surface area contributed by atoms with Crippen LogP contribution in [0.3, 0.4) is 0 Å². The molecule has 1 aromatic rings. The molecule has 4 nitrogen and oxygen atoms in total. The topological polar surface area (TPSA) is 44.9 Å². The molecule has 0 aliphatic carbocycles. The molecule has 1 heterocycles. The molecular weight excluding hydrogens is 212 g/mol. The Morgan fingerprint density at radius 1 is 1.60 bits per heavy atom. The molecule has 0 radical (unpaired) electrons. The van der Waals surface area contributed by atoms with Crippen molar-refractivity contribution in [2.75, 3.05) is 13.6 Å². The van der Waals surface area contributed by atoms with E-state index in [1.54, 1.807) is 4.68 Å². The van der Waals surface area contributed by atoms with E-state index in [9.17, 15) is 0 Å². The molecule has 0 spiro atoms. The van der Waals surface area contributed by atoms with Crippen LogP contribution in [0, 0.1) is 11.3 Å². The summed E-state index contributed by atoms with van der Waals surface area (Å²) >= 11 is 6.18. The van der Waals surface area contributed by atoms with Gasteiger partial charge >= 0.3 is 0 Å². The lowest BCUT2D eigenvalue weighted by Crippen LogP contribution is -2.19. The lowest BCUT2D eigenvalue weighted by atomic mass is 10.3. The first-order valence-electron chi connectivity index (χ1n) is 4.85. The van der Waals surface area contributed by atoms with Crippen LogP contribution < -0.4 is 0 Å². The summed E-state index contributed by atoms with van der Waals surface area (Å²) in [4.78, 5) is 1.91. The van der Waals surface area contributed by atoms with Gasteiger partial charge in [0.2, 0.25) is 0 Å². The van der Waals surface area contributed by atoms with Gasteiger partial charge in [0.1, 0.15) is 0 Å². The van der Waals surface area contributed by atoms with Crippen molar-refractivity contribution in [1.29, 1.82) is 5.26 Å². The zero-order valence-electron chi connectivity index (χ0n) is 9.29. The maximum Gasteiger partial charge on any atom is 0.0866 e. The summed E-state index contributed by atoms with van der Waals surface area (Å²) in [7, 11) is 3.76. The van der Waals surface area contributed by atoms with Crippen LogP contribution in [0.15, 0.2) is 0 Å². The Hall–Kier alpha value is -1.05. The second-order valence-corrected chi connectivity index (χ2v) is 3.89. The quantitative estimate of drug-likeness (QED) is 0.733. The van der Waals surface area contributed by atoms with E-state index in [4.69, 9.17) is 16.9 Å². The summed E-state index contributed by atoms with van der Waals surface area (Å²) in [6.45, 7) is 3.07. The molecule has 1 aromatic heterocycles. The van der Waals surface area contributed by atoms with Crippen LogP contribution in [-0.2, 0) is 20.0 Å². The highest BCUT2D eigenvalue weighted by molar-refractivity contribution is 6.31. The fraction of sp³-hybridized carbons (Fsp3) is 0.600. The van der Waals surface area contributed by atoms with Crippen molar-refractivity contribution < 1.29 is 0 Å². The van der Waals surface area contributed by atoms with E-state index in [0.29, 0.717) is 13.1 Å². The van der Waals surface area contributed by atoms with E-state index in [-0.39, 0.29) is 0 Å². The zero-order valence-corrected chi connectivity index (χ0v) is 10.0. The molecule has 82 valence electrons. The van der Waals surface area contributed by atoms with Gasteiger partial charge in [-0.3, -0.25) is 9.58 Å². The van der Waals surface area contributed by atoms with E-state index >= 15 is 0 Å². The molecule has 5 heteroatoms. The molecule has 0 fully saturated rings. The average molecular weight is 227 g/mol. The van der Waals surface area contributed by atoms with Gasteiger partial charge in [0, 0.05) is 13.6 Å². The van der Waals surface area contributed by atoms with Gasteiger partial charge in [-0.15, -0.1) is 0 Å². The Labute approximate surface area is 95.0 Å². The second-order valence-electron chi connectivity index (χ2n) is 3.51. The molecular formula is C10H15ClN4. The first-order valence-corrected chi connectivity index (χ1v) is 5.23. The van der Waals surface area contributed by atoms with Gasteiger partial charge in [-0.25, -0.2) is 0 Å². The van der Waals surface area contributed by atoms with Crippen molar-refractivity contribution in [3.63, 3.8) is 0 Å². The minimum absolute atomic E-state index is 0.392. The van der Waals surface area contributed by atoms with Crippen molar-refractivity contribution in [2.45, 2.75) is 19.9 Å². The highest BCUT2D eigenvalue weighted by Gasteiger charge is 2.14. The van der Waals surface area contributed by atoms with Gasteiger partial charge in [-0.05, 0) is 13.5 Å². The predicted molar refractivity (Wildman–Crippen MR) is 59.5 cm³/mol. The van der Waals surface area contributed by atoms with Crippen LogP contribution in [0.1, 0.15) is 18.3 Å². The molecule has 0 aromatic carbocycles. The number of aromatic nitrogens is 2. The Kier molecular flexibility index (Phi) is 4.13. The van der Waals surface area contributed by atoms with Gasteiger partial charge < -0.3 is 0 Å². The molecule has 15 heavy (non-hydrogen) atoms. The summed E-state index contributed by atoms with van der Waals surface area (Å²) in [5.74, 6) is 0. The third-order valence-corrected chi connectivity index (χ3v) is 2.70. The Balaban J connectivity index is 2.85. The number of rotatable bonds is 4. The largest absolute Gasteiger partial charge is 0.288 e. The Bertz CT molecular complexity index is 378. The average Bonchev–Trinajstić information content (AvgIpc) is 2.45. The van der Waals surface area contributed by atoms with Crippen molar-refractivity contribution in [3.05, 3.63) is 16.4 Å². The smallest absolute Gasteiger partial charge is 0.0866 e. The van der Waals surface area contributed by atoms with Crippen LogP contribution >= 0.6 is 11.6 Å². The zero-order chi connectivity index (χ0) is 11.4. The fourth-order valence-electron chi connectivity index (χ4n) is 1.42. The fourth-order valence-corrected chi connectivity index (χ4v) is 1.78. The highest BCUT2D eigenvalue weighted by atomic mass is 35.5. The van der Waals surface area contributed by atoms with E-state index in [0.717, 1.165) is 22.8 Å². The molecule has 0 amide bonds. The molecule has 0 saturated carbocycles. The van der Waals surface area contributed by atoms with Crippen LogP contribution in [0.25, 0.3) is 0 Å². The van der Waals surface area contributed by atoms with Crippen molar-refractivity contribution >= 4 is 11.6 Å². The van der Waals surface area contributed by atoms with Crippen LogP contribution in [-0.4, -0.2) is 28.3 Å².